The molecular weight excluding hydrogens is 228 g/mol. The smallest absolute Gasteiger partial charge is 0.318 e. The predicted molar refractivity (Wildman–Crippen MR) is 60.1 cm³/mol. The summed E-state index contributed by atoms with van der Waals surface area (Å²) in [5, 5.41) is 7.11. The highest BCUT2D eigenvalue weighted by molar-refractivity contribution is 5.94. The van der Waals surface area contributed by atoms with Crippen LogP contribution in [0.5, 0.6) is 0 Å². The molecule has 0 radical (unpaired) electrons. The molecule has 0 saturated heterocycles. The Labute approximate surface area is 99.2 Å². The highest BCUT2D eigenvalue weighted by Crippen LogP contribution is 1.81. The summed E-state index contributed by atoms with van der Waals surface area (Å²) < 4.78 is 4.76. The lowest BCUT2D eigenvalue weighted by Crippen LogP contribution is -2.48. The fourth-order valence-corrected chi connectivity index (χ4v) is 0.949. The standard InChI is InChI=1S/C9H18N4O4/c1-6(8(15)11-3-4-17-2)12-5-7(14)13-9(10)16/h6,12H,3-5H2,1-2H3,(H,11,15)(H3,10,13,14,16). The van der Waals surface area contributed by atoms with E-state index in [9.17, 15) is 14.4 Å². The van der Waals surface area contributed by atoms with E-state index in [4.69, 9.17) is 10.5 Å². The summed E-state index contributed by atoms with van der Waals surface area (Å²) >= 11 is 0. The normalized spacial score (nSPS) is 11.6. The van der Waals surface area contributed by atoms with Gasteiger partial charge < -0.3 is 15.8 Å². The monoisotopic (exact) mass is 246 g/mol. The molecule has 0 aromatic heterocycles. The van der Waals surface area contributed by atoms with Gasteiger partial charge in [-0.05, 0) is 6.92 Å². The molecule has 8 heteroatoms. The third-order valence-electron chi connectivity index (χ3n) is 1.83. The topological polar surface area (TPSA) is 123 Å². The first-order valence-electron chi connectivity index (χ1n) is 5.06. The highest BCUT2D eigenvalue weighted by atomic mass is 16.5. The van der Waals surface area contributed by atoms with E-state index in [1.54, 1.807) is 6.92 Å². The van der Waals surface area contributed by atoms with Crippen LogP contribution < -0.4 is 21.7 Å². The average Bonchev–Trinajstić information content (AvgIpc) is 2.25. The van der Waals surface area contributed by atoms with Crippen LogP contribution in [0.15, 0.2) is 0 Å². The molecule has 98 valence electrons. The van der Waals surface area contributed by atoms with Crippen LogP contribution in [0.25, 0.3) is 0 Å². The van der Waals surface area contributed by atoms with Crippen molar-refractivity contribution in [3.63, 3.8) is 0 Å². The van der Waals surface area contributed by atoms with Gasteiger partial charge in [0, 0.05) is 13.7 Å². The maximum atomic E-state index is 11.4. The van der Waals surface area contributed by atoms with Crippen molar-refractivity contribution in [3.8, 4) is 0 Å². The van der Waals surface area contributed by atoms with Crippen molar-refractivity contribution in [2.24, 2.45) is 5.73 Å². The van der Waals surface area contributed by atoms with Crippen LogP contribution in [0.1, 0.15) is 6.92 Å². The van der Waals surface area contributed by atoms with E-state index >= 15 is 0 Å². The van der Waals surface area contributed by atoms with Gasteiger partial charge in [0.15, 0.2) is 0 Å². The first-order chi connectivity index (χ1) is 7.97. The van der Waals surface area contributed by atoms with Crippen molar-refractivity contribution >= 4 is 17.8 Å². The largest absolute Gasteiger partial charge is 0.383 e. The molecule has 5 N–H and O–H groups in total. The molecule has 0 aromatic carbocycles. The fraction of sp³-hybridized carbons (Fsp3) is 0.667. The van der Waals surface area contributed by atoms with Gasteiger partial charge in [-0.15, -0.1) is 0 Å². The summed E-state index contributed by atoms with van der Waals surface area (Å²) in [7, 11) is 1.53. The van der Waals surface area contributed by atoms with Crippen molar-refractivity contribution in [2.75, 3.05) is 26.8 Å². The number of carbonyl (C=O) groups is 3. The van der Waals surface area contributed by atoms with Crippen molar-refractivity contribution in [2.45, 2.75) is 13.0 Å². The number of imide groups is 1. The predicted octanol–water partition coefficient (Wildman–Crippen LogP) is -2.08. The number of rotatable bonds is 7. The molecule has 1 unspecified atom stereocenters. The van der Waals surface area contributed by atoms with Crippen molar-refractivity contribution in [1.29, 1.82) is 0 Å². The lowest BCUT2D eigenvalue weighted by Gasteiger charge is -2.13. The molecule has 1 atom stereocenters. The quantitative estimate of drug-likeness (QED) is 0.384. The third kappa shape index (κ3) is 8.17. The Morgan fingerprint density at radius 1 is 1.35 bits per heavy atom. The SMILES string of the molecule is COCCNC(=O)C(C)NCC(=O)NC(N)=O. The van der Waals surface area contributed by atoms with E-state index in [1.165, 1.54) is 7.11 Å². The van der Waals surface area contributed by atoms with E-state index in [1.807, 2.05) is 5.32 Å². The summed E-state index contributed by atoms with van der Waals surface area (Å²) in [5.74, 6) is -0.844. The van der Waals surface area contributed by atoms with Gasteiger partial charge in [-0.1, -0.05) is 0 Å². The molecule has 0 bridgehead atoms. The molecule has 0 saturated carbocycles. The van der Waals surface area contributed by atoms with Crippen LogP contribution in [0.2, 0.25) is 0 Å². The summed E-state index contributed by atoms with van der Waals surface area (Å²) in [6.45, 7) is 2.25. The number of primary amides is 1. The third-order valence-corrected chi connectivity index (χ3v) is 1.83. The number of hydrogen-bond donors (Lipinski definition) is 4. The summed E-state index contributed by atoms with van der Waals surface area (Å²) in [6.07, 6.45) is 0. The first kappa shape index (κ1) is 15.3. The molecule has 0 fully saturated rings. The highest BCUT2D eigenvalue weighted by Gasteiger charge is 2.13. The zero-order valence-corrected chi connectivity index (χ0v) is 9.91. The molecule has 0 heterocycles. The van der Waals surface area contributed by atoms with Gasteiger partial charge >= 0.3 is 6.03 Å². The van der Waals surface area contributed by atoms with Crippen molar-refractivity contribution < 1.29 is 19.1 Å². The van der Waals surface area contributed by atoms with E-state index in [0.29, 0.717) is 13.2 Å². The number of nitrogens with two attached hydrogens (primary N) is 1. The summed E-state index contributed by atoms with van der Waals surface area (Å²) in [4.78, 5) is 32.7. The molecule has 0 aliphatic heterocycles. The number of ether oxygens (including phenoxy) is 1. The van der Waals surface area contributed by atoms with Crippen LogP contribution in [-0.4, -0.2) is 50.7 Å². The second-order valence-corrected chi connectivity index (χ2v) is 3.30. The van der Waals surface area contributed by atoms with E-state index < -0.39 is 18.0 Å². The average molecular weight is 246 g/mol. The van der Waals surface area contributed by atoms with Crippen LogP contribution >= 0.6 is 0 Å². The Morgan fingerprint density at radius 2 is 2.00 bits per heavy atom. The molecule has 0 spiro atoms. The van der Waals surface area contributed by atoms with E-state index in [-0.39, 0.29) is 12.5 Å². The molecule has 4 amide bonds. The van der Waals surface area contributed by atoms with Crippen LogP contribution in [-0.2, 0) is 14.3 Å². The van der Waals surface area contributed by atoms with Gasteiger partial charge in [-0.2, -0.15) is 0 Å². The molecule has 0 aliphatic carbocycles. The minimum Gasteiger partial charge on any atom is -0.383 e. The van der Waals surface area contributed by atoms with Gasteiger partial charge in [0.2, 0.25) is 11.8 Å². The second-order valence-electron chi connectivity index (χ2n) is 3.30. The Bertz CT molecular complexity index is 282. The minimum absolute atomic E-state index is 0.165. The zero-order chi connectivity index (χ0) is 13.3. The van der Waals surface area contributed by atoms with E-state index in [0.717, 1.165) is 0 Å². The maximum absolute atomic E-state index is 11.4. The number of amides is 4. The Balaban J connectivity index is 3.77. The molecule has 0 aliphatic rings. The molecule has 0 aromatic rings. The Hall–Kier alpha value is -1.67. The Kier molecular flexibility index (Phi) is 7.65. The number of methoxy groups -OCH3 is 1. The number of carbonyl (C=O) groups excluding carboxylic acids is 3. The second kappa shape index (κ2) is 8.48. The van der Waals surface area contributed by atoms with Gasteiger partial charge in [0.25, 0.3) is 0 Å². The number of nitrogens with one attached hydrogen (secondary N) is 3. The van der Waals surface area contributed by atoms with Crippen LogP contribution in [0.3, 0.4) is 0 Å². The molecular formula is C9H18N4O4. The van der Waals surface area contributed by atoms with E-state index in [2.05, 4.69) is 10.6 Å². The number of urea groups is 1. The zero-order valence-electron chi connectivity index (χ0n) is 9.91. The minimum atomic E-state index is -0.922. The van der Waals surface area contributed by atoms with Gasteiger partial charge in [0.1, 0.15) is 0 Å². The molecule has 0 rings (SSSR count). The lowest BCUT2D eigenvalue weighted by molar-refractivity contribution is -0.123. The first-order valence-corrected chi connectivity index (χ1v) is 5.06. The molecule has 17 heavy (non-hydrogen) atoms. The number of hydrogen-bond acceptors (Lipinski definition) is 5. The van der Waals surface area contributed by atoms with Gasteiger partial charge in [0.05, 0.1) is 19.2 Å². The van der Waals surface area contributed by atoms with Gasteiger partial charge in [-0.3, -0.25) is 20.2 Å². The van der Waals surface area contributed by atoms with Crippen LogP contribution in [0.4, 0.5) is 4.79 Å². The van der Waals surface area contributed by atoms with Crippen molar-refractivity contribution in [3.05, 3.63) is 0 Å². The lowest BCUT2D eigenvalue weighted by atomic mass is 10.3. The molecule has 8 nitrogen and oxygen atoms in total. The summed E-state index contributed by atoms with van der Waals surface area (Å²) in [5.41, 5.74) is 4.75. The van der Waals surface area contributed by atoms with Gasteiger partial charge in [-0.25, -0.2) is 4.79 Å². The van der Waals surface area contributed by atoms with Crippen molar-refractivity contribution in [1.82, 2.24) is 16.0 Å². The van der Waals surface area contributed by atoms with Crippen LogP contribution in [0, 0.1) is 0 Å². The maximum Gasteiger partial charge on any atom is 0.318 e. The fourth-order valence-electron chi connectivity index (χ4n) is 0.949. The Morgan fingerprint density at radius 3 is 2.53 bits per heavy atom. The summed E-state index contributed by atoms with van der Waals surface area (Å²) in [6, 6.07) is -1.47.